The maximum atomic E-state index is 11.1. The number of nitrogens with two attached hydrogens (primary N) is 1. The standard InChI is InChI=1S/C12H16Cl2N2O2/c1-2-18-11(17)4-3-5-16-12-9(13)6-8(15)7-10(12)14/h6-7,16H,2-5,15H2,1H3. The fraction of sp³-hybridized carbons (Fsp3) is 0.417. The average molecular weight is 291 g/mol. The zero-order valence-corrected chi connectivity index (χ0v) is 11.6. The lowest BCUT2D eigenvalue weighted by Gasteiger charge is -2.11. The number of rotatable bonds is 6. The van der Waals surface area contributed by atoms with Gasteiger partial charge in [0.05, 0.1) is 22.3 Å². The number of carbonyl (C=O) groups is 1. The number of hydrogen-bond acceptors (Lipinski definition) is 4. The summed E-state index contributed by atoms with van der Waals surface area (Å²) in [5, 5.41) is 4.02. The summed E-state index contributed by atoms with van der Waals surface area (Å²) >= 11 is 12.0. The lowest BCUT2D eigenvalue weighted by molar-refractivity contribution is -0.143. The van der Waals surface area contributed by atoms with E-state index >= 15 is 0 Å². The normalized spacial score (nSPS) is 10.2. The topological polar surface area (TPSA) is 64.3 Å². The molecule has 0 saturated heterocycles. The molecule has 1 aromatic rings. The molecule has 0 aliphatic carbocycles. The van der Waals surface area contributed by atoms with Crippen LogP contribution in [0.1, 0.15) is 19.8 Å². The van der Waals surface area contributed by atoms with Gasteiger partial charge in [0.1, 0.15) is 0 Å². The number of esters is 1. The highest BCUT2D eigenvalue weighted by Crippen LogP contribution is 2.32. The van der Waals surface area contributed by atoms with Crippen molar-refractivity contribution in [2.75, 3.05) is 24.2 Å². The van der Waals surface area contributed by atoms with Crippen molar-refractivity contribution in [1.82, 2.24) is 0 Å². The van der Waals surface area contributed by atoms with Gasteiger partial charge in [0, 0.05) is 18.7 Å². The Bertz CT molecular complexity index is 402. The van der Waals surface area contributed by atoms with E-state index in [1.54, 1.807) is 19.1 Å². The number of hydrogen-bond donors (Lipinski definition) is 2. The van der Waals surface area contributed by atoms with E-state index in [0.717, 1.165) is 0 Å². The van der Waals surface area contributed by atoms with Gasteiger partial charge in [-0.3, -0.25) is 4.79 Å². The Morgan fingerprint density at radius 1 is 1.39 bits per heavy atom. The third kappa shape index (κ3) is 4.63. The Kier molecular flexibility index (Phi) is 6.09. The molecular weight excluding hydrogens is 275 g/mol. The minimum Gasteiger partial charge on any atom is -0.466 e. The zero-order valence-electron chi connectivity index (χ0n) is 10.1. The second-order valence-electron chi connectivity index (χ2n) is 3.69. The van der Waals surface area contributed by atoms with Crippen LogP contribution in [-0.2, 0) is 9.53 Å². The Balaban J connectivity index is 2.42. The van der Waals surface area contributed by atoms with Gasteiger partial charge in [-0.1, -0.05) is 23.2 Å². The highest BCUT2D eigenvalue weighted by molar-refractivity contribution is 6.39. The summed E-state index contributed by atoms with van der Waals surface area (Å²) in [5.74, 6) is -0.200. The lowest BCUT2D eigenvalue weighted by atomic mass is 10.2. The molecule has 0 aliphatic rings. The molecule has 4 nitrogen and oxygen atoms in total. The Hall–Kier alpha value is -1.13. The lowest BCUT2D eigenvalue weighted by Crippen LogP contribution is -2.08. The molecule has 0 spiro atoms. The van der Waals surface area contributed by atoms with Crippen LogP contribution in [0.15, 0.2) is 12.1 Å². The third-order valence-electron chi connectivity index (χ3n) is 2.23. The van der Waals surface area contributed by atoms with Crippen molar-refractivity contribution in [2.45, 2.75) is 19.8 Å². The van der Waals surface area contributed by atoms with Crippen LogP contribution >= 0.6 is 23.2 Å². The van der Waals surface area contributed by atoms with E-state index in [1.165, 1.54) is 0 Å². The quantitative estimate of drug-likeness (QED) is 0.479. The molecule has 0 fully saturated rings. The molecule has 0 amide bonds. The van der Waals surface area contributed by atoms with Crippen LogP contribution in [0, 0.1) is 0 Å². The zero-order chi connectivity index (χ0) is 13.5. The summed E-state index contributed by atoms with van der Waals surface area (Å²) in [7, 11) is 0. The van der Waals surface area contributed by atoms with Crippen molar-refractivity contribution in [3.05, 3.63) is 22.2 Å². The van der Waals surface area contributed by atoms with Crippen molar-refractivity contribution in [3.8, 4) is 0 Å². The van der Waals surface area contributed by atoms with Crippen molar-refractivity contribution < 1.29 is 9.53 Å². The van der Waals surface area contributed by atoms with Crippen LogP contribution < -0.4 is 11.1 Å². The van der Waals surface area contributed by atoms with E-state index < -0.39 is 0 Å². The summed E-state index contributed by atoms with van der Waals surface area (Å²) in [6.45, 7) is 2.77. The molecule has 0 bridgehead atoms. The number of nitrogens with one attached hydrogen (secondary N) is 1. The molecule has 3 N–H and O–H groups in total. The minimum atomic E-state index is -0.200. The fourth-order valence-corrected chi connectivity index (χ4v) is 2.08. The van der Waals surface area contributed by atoms with E-state index in [1.807, 2.05) is 0 Å². The molecule has 0 aliphatic heterocycles. The number of benzene rings is 1. The SMILES string of the molecule is CCOC(=O)CCCNc1c(Cl)cc(N)cc1Cl. The van der Waals surface area contributed by atoms with Gasteiger partial charge in [0.25, 0.3) is 0 Å². The average Bonchev–Trinajstić information content (AvgIpc) is 2.27. The van der Waals surface area contributed by atoms with E-state index in [4.69, 9.17) is 33.7 Å². The second-order valence-corrected chi connectivity index (χ2v) is 4.51. The summed E-state index contributed by atoms with van der Waals surface area (Å²) in [6, 6.07) is 3.25. The van der Waals surface area contributed by atoms with Gasteiger partial charge in [0.15, 0.2) is 0 Å². The van der Waals surface area contributed by atoms with E-state index in [9.17, 15) is 4.79 Å². The Morgan fingerprint density at radius 2 is 2.00 bits per heavy atom. The molecule has 0 aromatic heterocycles. The van der Waals surface area contributed by atoms with Crippen molar-refractivity contribution in [3.63, 3.8) is 0 Å². The van der Waals surface area contributed by atoms with E-state index in [0.29, 0.717) is 47.4 Å². The van der Waals surface area contributed by atoms with Crippen molar-refractivity contribution in [1.29, 1.82) is 0 Å². The van der Waals surface area contributed by atoms with Gasteiger partial charge in [-0.05, 0) is 25.5 Å². The summed E-state index contributed by atoms with van der Waals surface area (Å²) in [5.41, 5.74) is 6.75. The highest BCUT2D eigenvalue weighted by atomic mass is 35.5. The van der Waals surface area contributed by atoms with Gasteiger partial charge in [0.2, 0.25) is 0 Å². The van der Waals surface area contributed by atoms with Crippen LogP contribution in [0.2, 0.25) is 10.0 Å². The monoisotopic (exact) mass is 290 g/mol. The van der Waals surface area contributed by atoms with E-state index in [-0.39, 0.29) is 5.97 Å². The predicted octanol–water partition coefficient (Wildman–Crippen LogP) is 3.33. The molecule has 0 saturated carbocycles. The first-order valence-corrected chi connectivity index (χ1v) is 6.44. The largest absolute Gasteiger partial charge is 0.466 e. The van der Waals surface area contributed by atoms with Crippen LogP contribution in [0.4, 0.5) is 11.4 Å². The number of ether oxygens (including phenoxy) is 1. The minimum absolute atomic E-state index is 0.200. The van der Waals surface area contributed by atoms with Crippen LogP contribution in [0.3, 0.4) is 0 Å². The first-order valence-electron chi connectivity index (χ1n) is 5.68. The first kappa shape index (κ1) is 14.9. The molecular formula is C12H16Cl2N2O2. The number of nitrogen functional groups attached to an aromatic ring is 1. The highest BCUT2D eigenvalue weighted by Gasteiger charge is 2.07. The molecule has 18 heavy (non-hydrogen) atoms. The smallest absolute Gasteiger partial charge is 0.305 e. The van der Waals surface area contributed by atoms with Crippen molar-refractivity contribution >= 4 is 40.5 Å². The maximum Gasteiger partial charge on any atom is 0.305 e. The van der Waals surface area contributed by atoms with Crippen LogP contribution in [-0.4, -0.2) is 19.1 Å². The predicted molar refractivity (Wildman–Crippen MR) is 75.2 cm³/mol. The van der Waals surface area contributed by atoms with Gasteiger partial charge >= 0.3 is 5.97 Å². The number of halogens is 2. The Morgan fingerprint density at radius 3 is 2.56 bits per heavy atom. The third-order valence-corrected chi connectivity index (χ3v) is 2.83. The first-order chi connectivity index (χ1) is 8.54. The van der Waals surface area contributed by atoms with Gasteiger partial charge < -0.3 is 15.8 Å². The Labute approximate surface area is 116 Å². The molecule has 1 rings (SSSR count). The maximum absolute atomic E-state index is 11.1. The molecule has 0 radical (unpaired) electrons. The molecule has 0 unspecified atom stereocenters. The summed E-state index contributed by atoms with van der Waals surface area (Å²) in [6.07, 6.45) is 1.01. The summed E-state index contributed by atoms with van der Waals surface area (Å²) in [4.78, 5) is 11.1. The van der Waals surface area contributed by atoms with Gasteiger partial charge in [-0.25, -0.2) is 0 Å². The summed E-state index contributed by atoms with van der Waals surface area (Å²) < 4.78 is 4.82. The van der Waals surface area contributed by atoms with Crippen molar-refractivity contribution in [2.24, 2.45) is 0 Å². The van der Waals surface area contributed by atoms with Gasteiger partial charge in [-0.2, -0.15) is 0 Å². The molecule has 1 aromatic carbocycles. The van der Waals surface area contributed by atoms with Crippen LogP contribution in [0.25, 0.3) is 0 Å². The fourth-order valence-electron chi connectivity index (χ4n) is 1.44. The second kappa shape index (κ2) is 7.34. The molecule has 0 atom stereocenters. The van der Waals surface area contributed by atoms with Crippen LogP contribution in [0.5, 0.6) is 0 Å². The van der Waals surface area contributed by atoms with Gasteiger partial charge in [-0.15, -0.1) is 0 Å². The molecule has 6 heteroatoms. The molecule has 100 valence electrons. The molecule has 0 heterocycles. The number of anilines is 2. The van der Waals surface area contributed by atoms with E-state index in [2.05, 4.69) is 5.32 Å². The number of carbonyl (C=O) groups excluding carboxylic acids is 1.